The number of halogens is 1. The van der Waals surface area contributed by atoms with E-state index in [4.69, 9.17) is 0 Å². The van der Waals surface area contributed by atoms with E-state index in [1.807, 2.05) is 26.0 Å². The lowest BCUT2D eigenvalue weighted by atomic mass is 10.2. The maximum absolute atomic E-state index is 12.6. The first-order valence-electron chi connectivity index (χ1n) is 7.50. The molecule has 0 unspecified atom stereocenters. The van der Waals surface area contributed by atoms with Crippen LogP contribution in [0.15, 0.2) is 47.4 Å². The second kappa shape index (κ2) is 7.98. The third-order valence-electron chi connectivity index (χ3n) is 3.27. The van der Waals surface area contributed by atoms with E-state index in [2.05, 4.69) is 32.6 Å². The first-order chi connectivity index (χ1) is 11.3. The first kappa shape index (κ1) is 18.7. The van der Waals surface area contributed by atoms with Crippen molar-refractivity contribution in [3.8, 4) is 0 Å². The molecule has 5 nitrogen and oxygen atoms in total. The topological polar surface area (TPSA) is 75.3 Å². The number of benzene rings is 2. The van der Waals surface area contributed by atoms with Crippen molar-refractivity contribution in [2.45, 2.75) is 31.6 Å². The van der Waals surface area contributed by atoms with E-state index in [1.165, 1.54) is 12.1 Å². The van der Waals surface area contributed by atoms with E-state index in [1.54, 1.807) is 18.2 Å². The van der Waals surface area contributed by atoms with Crippen molar-refractivity contribution in [1.82, 2.24) is 0 Å². The normalized spacial score (nSPS) is 11.1. The van der Waals surface area contributed by atoms with Crippen molar-refractivity contribution < 1.29 is 13.2 Å². The lowest BCUT2D eigenvalue weighted by Crippen LogP contribution is -2.15. The van der Waals surface area contributed by atoms with Crippen molar-refractivity contribution in [1.29, 1.82) is 0 Å². The summed E-state index contributed by atoms with van der Waals surface area (Å²) < 4.78 is 28.6. The van der Waals surface area contributed by atoms with Crippen LogP contribution in [0.1, 0.15) is 25.3 Å². The van der Waals surface area contributed by atoms with Crippen LogP contribution in [-0.2, 0) is 14.8 Å². The second-order valence-corrected chi connectivity index (χ2v) is 8.26. The average Bonchev–Trinajstić information content (AvgIpc) is 2.51. The zero-order valence-electron chi connectivity index (χ0n) is 13.5. The number of nitrogens with one attached hydrogen (secondary N) is 2. The highest BCUT2D eigenvalue weighted by Gasteiger charge is 2.16. The van der Waals surface area contributed by atoms with E-state index in [0.29, 0.717) is 17.8 Å². The molecule has 1 amide bonds. The summed E-state index contributed by atoms with van der Waals surface area (Å²) in [5.41, 5.74) is 1.97. The molecule has 0 bridgehead atoms. The molecule has 2 aromatic carbocycles. The zero-order chi connectivity index (χ0) is 17.7. The van der Waals surface area contributed by atoms with Crippen LogP contribution in [0.3, 0.4) is 0 Å². The molecular weight excluding hydrogens is 439 g/mol. The van der Waals surface area contributed by atoms with Crippen molar-refractivity contribution in [2.24, 2.45) is 0 Å². The molecule has 128 valence electrons. The van der Waals surface area contributed by atoms with E-state index in [-0.39, 0.29) is 10.8 Å². The fourth-order valence-electron chi connectivity index (χ4n) is 2.11. The Labute approximate surface area is 156 Å². The minimum Gasteiger partial charge on any atom is -0.326 e. The van der Waals surface area contributed by atoms with Gasteiger partial charge in [-0.3, -0.25) is 9.52 Å². The third-order valence-corrected chi connectivity index (χ3v) is 5.58. The molecule has 0 aromatic heterocycles. The molecule has 0 atom stereocenters. The van der Waals surface area contributed by atoms with Gasteiger partial charge in [-0.15, -0.1) is 0 Å². The molecule has 0 aliphatic rings. The lowest BCUT2D eigenvalue weighted by Gasteiger charge is -2.12. The van der Waals surface area contributed by atoms with E-state index < -0.39 is 10.0 Å². The average molecular weight is 458 g/mol. The molecular formula is C17H19IN2O3S. The van der Waals surface area contributed by atoms with E-state index >= 15 is 0 Å². The Hall–Kier alpha value is -1.61. The fourth-order valence-corrected chi connectivity index (χ4v) is 3.88. The lowest BCUT2D eigenvalue weighted by molar-refractivity contribution is -0.116. The highest BCUT2D eigenvalue weighted by atomic mass is 127. The summed E-state index contributed by atoms with van der Waals surface area (Å²) in [6.45, 7) is 3.81. The molecule has 0 fully saturated rings. The van der Waals surface area contributed by atoms with Gasteiger partial charge in [-0.05, 0) is 71.8 Å². The number of rotatable bonds is 6. The van der Waals surface area contributed by atoms with Crippen LogP contribution < -0.4 is 10.0 Å². The summed E-state index contributed by atoms with van der Waals surface area (Å²) in [7, 11) is -3.73. The first-order valence-corrected chi connectivity index (χ1v) is 10.1. The van der Waals surface area contributed by atoms with E-state index in [0.717, 1.165) is 15.6 Å². The fraction of sp³-hybridized carbons (Fsp3) is 0.235. The minimum absolute atomic E-state index is 0.106. The van der Waals surface area contributed by atoms with E-state index in [9.17, 15) is 13.2 Å². The van der Waals surface area contributed by atoms with Crippen molar-refractivity contribution in [3.63, 3.8) is 0 Å². The Kier molecular flexibility index (Phi) is 6.22. The largest absolute Gasteiger partial charge is 0.326 e. The van der Waals surface area contributed by atoms with Gasteiger partial charge in [0, 0.05) is 15.7 Å². The van der Waals surface area contributed by atoms with Crippen molar-refractivity contribution in [3.05, 3.63) is 51.6 Å². The maximum atomic E-state index is 12.6. The number of amides is 1. The van der Waals surface area contributed by atoms with Gasteiger partial charge in [0.2, 0.25) is 5.91 Å². The quantitative estimate of drug-likeness (QED) is 0.640. The van der Waals surface area contributed by atoms with Crippen LogP contribution >= 0.6 is 22.6 Å². The third kappa shape index (κ3) is 4.94. The number of sulfonamides is 1. The van der Waals surface area contributed by atoms with Gasteiger partial charge in [-0.25, -0.2) is 8.42 Å². The van der Waals surface area contributed by atoms with Gasteiger partial charge in [0.25, 0.3) is 10.0 Å². The van der Waals surface area contributed by atoms with Crippen LogP contribution in [0.2, 0.25) is 0 Å². The summed E-state index contributed by atoms with van der Waals surface area (Å²) in [4.78, 5) is 11.8. The number of aryl methyl sites for hydroxylation is 1. The van der Waals surface area contributed by atoms with Gasteiger partial charge in [0.05, 0.1) is 10.6 Å². The molecule has 2 N–H and O–H groups in total. The van der Waals surface area contributed by atoms with Gasteiger partial charge in [0.1, 0.15) is 0 Å². The Morgan fingerprint density at radius 2 is 1.92 bits per heavy atom. The molecule has 2 aromatic rings. The van der Waals surface area contributed by atoms with Gasteiger partial charge in [0.15, 0.2) is 0 Å². The van der Waals surface area contributed by atoms with Crippen molar-refractivity contribution >= 4 is 49.9 Å². The summed E-state index contributed by atoms with van der Waals surface area (Å²) in [6.07, 6.45) is 1.13. The molecule has 24 heavy (non-hydrogen) atoms. The highest BCUT2D eigenvalue weighted by molar-refractivity contribution is 14.1. The monoisotopic (exact) mass is 458 g/mol. The molecule has 0 aliphatic heterocycles. The number of hydrogen-bond acceptors (Lipinski definition) is 3. The molecule has 0 spiro atoms. The molecule has 0 aliphatic carbocycles. The predicted molar refractivity (Wildman–Crippen MR) is 105 cm³/mol. The SMILES string of the molecule is CCCC(=O)Nc1cccc(S(=O)(=O)Nc2cc(C)ccc2I)c1. The summed E-state index contributed by atoms with van der Waals surface area (Å²) in [5, 5.41) is 2.71. The number of carbonyl (C=O) groups is 1. The van der Waals surface area contributed by atoms with Crippen molar-refractivity contribution in [2.75, 3.05) is 10.0 Å². The minimum atomic E-state index is -3.73. The second-order valence-electron chi connectivity index (χ2n) is 5.41. The molecule has 7 heteroatoms. The van der Waals surface area contributed by atoms with Crippen LogP contribution in [0.4, 0.5) is 11.4 Å². The molecule has 0 radical (unpaired) electrons. The Bertz CT molecular complexity index is 851. The summed E-state index contributed by atoms with van der Waals surface area (Å²) >= 11 is 2.08. The summed E-state index contributed by atoms with van der Waals surface area (Å²) in [6, 6.07) is 11.8. The Morgan fingerprint density at radius 3 is 2.62 bits per heavy atom. The predicted octanol–water partition coefficient (Wildman–Crippen LogP) is 4.14. The smallest absolute Gasteiger partial charge is 0.262 e. The molecule has 0 saturated carbocycles. The Balaban J connectivity index is 2.26. The van der Waals surface area contributed by atoms with Crippen LogP contribution in [0, 0.1) is 10.5 Å². The summed E-state index contributed by atoms with van der Waals surface area (Å²) in [5.74, 6) is -0.131. The molecule has 0 heterocycles. The van der Waals surface area contributed by atoms with Gasteiger partial charge in [-0.1, -0.05) is 19.1 Å². The zero-order valence-corrected chi connectivity index (χ0v) is 16.4. The Morgan fingerprint density at radius 1 is 1.17 bits per heavy atom. The molecule has 2 rings (SSSR count). The van der Waals surface area contributed by atoms with Crippen LogP contribution in [0.5, 0.6) is 0 Å². The maximum Gasteiger partial charge on any atom is 0.262 e. The number of carbonyl (C=O) groups excluding carboxylic acids is 1. The highest BCUT2D eigenvalue weighted by Crippen LogP contribution is 2.24. The molecule has 0 saturated heterocycles. The number of hydrogen-bond donors (Lipinski definition) is 2. The van der Waals surface area contributed by atoms with Crippen LogP contribution in [0.25, 0.3) is 0 Å². The van der Waals surface area contributed by atoms with Gasteiger partial charge >= 0.3 is 0 Å². The van der Waals surface area contributed by atoms with Crippen LogP contribution in [-0.4, -0.2) is 14.3 Å². The van der Waals surface area contributed by atoms with Gasteiger partial charge in [-0.2, -0.15) is 0 Å². The number of anilines is 2. The standard InChI is InChI=1S/C17H19IN2O3S/c1-3-5-17(21)19-13-6-4-7-14(11-13)24(22,23)20-16-10-12(2)8-9-15(16)18/h4,6-11,20H,3,5H2,1-2H3,(H,19,21). The van der Waals surface area contributed by atoms with Gasteiger partial charge < -0.3 is 5.32 Å².